The monoisotopic (exact) mass is 218 g/mol. The summed E-state index contributed by atoms with van der Waals surface area (Å²) in [6, 6.07) is 0. The Morgan fingerprint density at radius 1 is 1.44 bits per heavy atom. The summed E-state index contributed by atoms with van der Waals surface area (Å²) >= 11 is 0. The van der Waals surface area contributed by atoms with Gasteiger partial charge in [-0.25, -0.2) is 9.97 Å². The second kappa shape index (κ2) is 3.92. The number of rotatable bonds is 2. The molecule has 0 saturated heterocycles. The summed E-state index contributed by atoms with van der Waals surface area (Å²) in [7, 11) is 0. The lowest BCUT2D eigenvalue weighted by Gasteiger charge is -2.06. The van der Waals surface area contributed by atoms with Crippen LogP contribution < -0.4 is 5.56 Å². The molecule has 0 amide bonds. The number of hydrogen-bond donors (Lipinski definition) is 1. The standard InChI is InChI=1S/C11H14N4O/c1-4-15-6-12-5-9(15)10-13-8(3)7(2)11(16)14-10/h5-6H,4H2,1-3H3,(H,13,14,16). The van der Waals surface area contributed by atoms with Crippen LogP contribution in [0.25, 0.3) is 11.5 Å². The predicted molar refractivity (Wildman–Crippen MR) is 61.2 cm³/mol. The van der Waals surface area contributed by atoms with Gasteiger partial charge in [-0.3, -0.25) is 4.79 Å². The summed E-state index contributed by atoms with van der Waals surface area (Å²) in [5, 5.41) is 0. The van der Waals surface area contributed by atoms with Crippen LogP contribution in [0.3, 0.4) is 0 Å². The van der Waals surface area contributed by atoms with Gasteiger partial charge in [-0.15, -0.1) is 0 Å². The number of H-pyrrole nitrogens is 1. The van der Waals surface area contributed by atoms with Crippen LogP contribution >= 0.6 is 0 Å². The normalized spacial score (nSPS) is 10.7. The molecule has 2 heterocycles. The van der Waals surface area contributed by atoms with Crippen LogP contribution in [0.2, 0.25) is 0 Å². The highest BCUT2D eigenvalue weighted by atomic mass is 16.1. The number of aromatic amines is 1. The van der Waals surface area contributed by atoms with Crippen molar-refractivity contribution < 1.29 is 0 Å². The van der Waals surface area contributed by atoms with Gasteiger partial charge in [0.15, 0.2) is 5.82 Å². The molecular weight excluding hydrogens is 204 g/mol. The van der Waals surface area contributed by atoms with Crippen LogP contribution in [0.5, 0.6) is 0 Å². The van der Waals surface area contributed by atoms with Gasteiger partial charge < -0.3 is 9.55 Å². The molecule has 0 aromatic carbocycles. The summed E-state index contributed by atoms with van der Waals surface area (Å²) in [4.78, 5) is 22.8. The zero-order valence-corrected chi connectivity index (χ0v) is 9.61. The van der Waals surface area contributed by atoms with Crippen molar-refractivity contribution in [1.29, 1.82) is 0 Å². The van der Waals surface area contributed by atoms with E-state index < -0.39 is 0 Å². The van der Waals surface area contributed by atoms with E-state index >= 15 is 0 Å². The van der Waals surface area contributed by atoms with E-state index in [9.17, 15) is 4.79 Å². The maximum atomic E-state index is 11.6. The number of aryl methyl sites for hydroxylation is 2. The number of aromatic nitrogens is 4. The molecule has 84 valence electrons. The van der Waals surface area contributed by atoms with Crippen LogP contribution in [0.4, 0.5) is 0 Å². The third-order valence-electron chi connectivity index (χ3n) is 2.69. The molecular formula is C11H14N4O. The Balaban J connectivity index is 2.61. The second-order valence-corrected chi connectivity index (χ2v) is 3.69. The molecule has 0 radical (unpaired) electrons. The minimum absolute atomic E-state index is 0.0913. The van der Waals surface area contributed by atoms with Gasteiger partial charge in [0, 0.05) is 17.8 Å². The molecule has 0 unspecified atom stereocenters. The molecule has 0 spiro atoms. The second-order valence-electron chi connectivity index (χ2n) is 3.69. The third-order valence-corrected chi connectivity index (χ3v) is 2.69. The van der Waals surface area contributed by atoms with E-state index in [0.29, 0.717) is 11.4 Å². The fourth-order valence-electron chi connectivity index (χ4n) is 1.54. The Morgan fingerprint density at radius 3 is 2.81 bits per heavy atom. The molecule has 5 heteroatoms. The molecule has 0 saturated carbocycles. The summed E-state index contributed by atoms with van der Waals surface area (Å²) in [5.41, 5.74) is 2.16. The van der Waals surface area contributed by atoms with Crippen LogP contribution in [-0.4, -0.2) is 19.5 Å². The van der Waals surface area contributed by atoms with Crippen molar-refractivity contribution in [2.24, 2.45) is 0 Å². The first-order valence-corrected chi connectivity index (χ1v) is 5.21. The number of nitrogens with zero attached hydrogens (tertiary/aromatic N) is 3. The average Bonchev–Trinajstić information content (AvgIpc) is 2.73. The van der Waals surface area contributed by atoms with Gasteiger partial charge >= 0.3 is 0 Å². The Morgan fingerprint density at radius 2 is 2.19 bits per heavy atom. The van der Waals surface area contributed by atoms with Gasteiger partial charge in [-0.05, 0) is 20.8 Å². The summed E-state index contributed by atoms with van der Waals surface area (Å²) < 4.78 is 1.94. The minimum Gasteiger partial charge on any atom is -0.328 e. The van der Waals surface area contributed by atoms with Gasteiger partial charge in [0.1, 0.15) is 5.69 Å². The summed E-state index contributed by atoms with van der Waals surface area (Å²) in [5.74, 6) is 0.576. The van der Waals surface area contributed by atoms with Crippen molar-refractivity contribution in [2.45, 2.75) is 27.3 Å². The lowest BCUT2D eigenvalue weighted by Crippen LogP contribution is -2.15. The number of hydrogen-bond acceptors (Lipinski definition) is 3. The van der Waals surface area contributed by atoms with Crippen molar-refractivity contribution in [3.63, 3.8) is 0 Å². The number of nitrogens with one attached hydrogen (secondary N) is 1. The Labute approximate surface area is 93.2 Å². The molecule has 0 aliphatic rings. The van der Waals surface area contributed by atoms with Gasteiger partial charge in [0.05, 0.1) is 12.5 Å². The molecule has 5 nitrogen and oxygen atoms in total. The van der Waals surface area contributed by atoms with E-state index in [-0.39, 0.29) is 5.56 Å². The molecule has 0 atom stereocenters. The molecule has 0 bridgehead atoms. The first-order chi connectivity index (χ1) is 7.63. The van der Waals surface area contributed by atoms with Crippen LogP contribution in [0.1, 0.15) is 18.2 Å². The molecule has 2 aromatic heterocycles. The van der Waals surface area contributed by atoms with Crippen LogP contribution in [0.15, 0.2) is 17.3 Å². The molecule has 2 rings (SSSR count). The van der Waals surface area contributed by atoms with Crippen molar-refractivity contribution >= 4 is 0 Å². The van der Waals surface area contributed by atoms with E-state index in [1.54, 1.807) is 19.4 Å². The third kappa shape index (κ3) is 1.64. The Hall–Kier alpha value is -1.91. The molecule has 0 aliphatic carbocycles. The number of imidazole rings is 1. The zero-order valence-electron chi connectivity index (χ0n) is 9.61. The molecule has 0 fully saturated rings. The smallest absolute Gasteiger partial charge is 0.254 e. The van der Waals surface area contributed by atoms with Crippen molar-refractivity contribution in [2.75, 3.05) is 0 Å². The Bertz CT molecular complexity index is 568. The van der Waals surface area contributed by atoms with E-state index in [4.69, 9.17) is 0 Å². The maximum absolute atomic E-state index is 11.6. The first kappa shape index (κ1) is 10.6. The lowest BCUT2D eigenvalue weighted by atomic mass is 10.2. The topological polar surface area (TPSA) is 63.6 Å². The van der Waals surface area contributed by atoms with Crippen LogP contribution in [-0.2, 0) is 6.54 Å². The van der Waals surface area contributed by atoms with Crippen molar-refractivity contribution in [3.8, 4) is 11.5 Å². The fraction of sp³-hybridized carbons (Fsp3) is 0.364. The summed E-state index contributed by atoms with van der Waals surface area (Å²) in [6.07, 6.45) is 3.43. The highest BCUT2D eigenvalue weighted by Gasteiger charge is 2.09. The molecule has 1 N–H and O–H groups in total. The Kier molecular flexibility index (Phi) is 2.60. The first-order valence-electron chi connectivity index (χ1n) is 5.21. The largest absolute Gasteiger partial charge is 0.328 e. The zero-order chi connectivity index (χ0) is 11.7. The molecule has 16 heavy (non-hydrogen) atoms. The highest BCUT2D eigenvalue weighted by Crippen LogP contribution is 2.13. The fourth-order valence-corrected chi connectivity index (χ4v) is 1.54. The van der Waals surface area contributed by atoms with Crippen molar-refractivity contribution in [3.05, 3.63) is 34.1 Å². The van der Waals surface area contributed by atoms with Gasteiger partial charge in [-0.2, -0.15) is 0 Å². The highest BCUT2D eigenvalue weighted by molar-refractivity contribution is 5.48. The SMILES string of the molecule is CCn1cncc1-c1nc(C)c(C)c(=O)[nH]1. The van der Waals surface area contributed by atoms with Gasteiger partial charge in [0.25, 0.3) is 5.56 Å². The maximum Gasteiger partial charge on any atom is 0.254 e. The van der Waals surface area contributed by atoms with E-state index in [1.165, 1.54) is 0 Å². The quantitative estimate of drug-likeness (QED) is 0.825. The molecule has 0 aliphatic heterocycles. The van der Waals surface area contributed by atoms with Gasteiger partial charge in [0.2, 0.25) is 0 Å². The van der Waals surface area contributed by atoms with E-state index in [0.717, 1.165) is 17.9 Å². The lowest BCUT2D eigenvalue weighted by molar-refractivity contribution is 0.762. The minimum atomic E-state index is -0.0913. The van der Waals surface area contributed by atoms with Crippen LogP contribution in [0, 0.1) is 13.8 Å². The van der Waals surface area contributed by atoms with E-state index in [2.05, 4.69) is 15.0 Å². The van der Waals surface area contributed by atoms with Gasteiger partial charge in [-0.1, -0.05) is 0 Å². The van der Waals surface area contributed by atoms with E-state index in [1.807, 2.05) is 18.4 Å². The average molecular weight is 218 g/mol. The summed E-state index contributed by atoms with van der Waals surface area (Å²) in [6.45, 7) is 6.42. The molecule has 2 aromatic rings. The van der Waals surface area contributed by atoms with Crippen molar-refractivity contribution in [1.82, 2.24) is 19.5 Å². The predicted octanol–water partition coefficient (Wildman–Crippen LogP) is 1.27.